The third-order valence-electron chi connectivity index (χ3n) is 5.51. The van der Waals surface area contributed by atoms with Crippen LogP contribution in [0.4, 0.5) is 19.1 Å². The van der Waals surface area contributed by atoms with E-state index in [1.165, 1.54) is 24.9 Å². The summed E-state index contributed by atoms with van der Waals surface area (Å²) in [5.74, 6) is -1.93. The fourth-order valence-corrected chi connectivity index (χ4v) is 4.15. The zero-order valence-electron chi connectivity index (χ0n) is 17.7. The number of carbonyl (C=O) groups is 1. The summed E-state index contributed by atoms with van der Waals surface area (Å²) >= 11 is 0. The number of carboxylic acids is 1. The minimum absolute atomic E-state index is 0.169. The van der Waals surface area contributed by atoms with E-state index in [0.717, 1.165) is 45.3 Å². The zero-order chi connectivity index (χ0) is 23.0. The minimum atomic E-state index is -5.08. The topological polar surface area (TPSA) is 78.8 Å². The molecule has 0 saturated carbocycles. The Morgan fingerprint density at radius 3 is 2.44 bits per heavy atom. The van der Waals surface area contributed by atoms with Gasteiger partial charge in [-0.1, -0.05) is 30.3 Å². The number of benzene rings is 1. The van der Waals surface area contributed by atoms with Crippen molar-refractivity contribution < 1.29 is 27.8 Å². The normalized spacial score (nSPS) is 22.0. The number of rotatable bonds is 3. The lowest BCUT2D eigenvalue weighted by Gasteiger charge is -2.43. The van der Waals surface area contributed by atoms with Crippen LogP contribution in [-0.4, -0.2) is 71.5 Å². The van der Waals surface area contributed by atoms with Crippen LogP contribution in [0, 0.1) is 5.41 Å². The van der Waals surface area contributed by atoms with Gasteiger partial charge in [-0.2, -0.15) is 13.2 Å². The number of halogens is 3. The second-order valence-corrected chi connectivity index (χ2v) is 8.13. The van der Waals surface area contributed by atoms with Gasteiger partial charge in [0.1, 0.15) is 0 Å². The molecule has 1 N–H and O–H groups in total. The zero-order valence-corrected chi connectivity index (χ0v) is 17.7. The maximum Gasteiger partial charge on any atom is 0.490 e. The lowest BCUT2D eigenvalue weighted by molar-refractivity contribution is -0.192. The molecule has 1 aromatic carbocycles. The smallest absolute Gasteiger partial charge is 0.475 e. The third kappa shape index (κ3) is 6.89. The van der Waals surface area contributed by atoms with Crippen LogP contribution < -0.4 is 4.90 Å². The number of piperidine rings is 1. The molecule has 3 heterocycles. The number of ether oxygens (including phenoxy) is 1. The van der Waals surface area contributed by atoms with E-state index in [2.05, 4.69) is 50.1 Å². The fourth-order valence-electron chi connectivity index (χ4n) is 4.15. The third-order valence-corrected chi connectivity index (χ3v) is 5.51. The summed E-state index contributed by atoms with van der Waals surface area (Å²) in [4.78, 5) is 22.7. The van der Waals surface area contributed by atoms with Crippen LogP contribution in [0.3, 0.4) is 0 Å². The van der Waals surface area contributed by atoms with E-state index < -0.39 is 12.1 Å². The molecule has 7 nitrogen and oxygen atoms in total. The summed E-state index contributed by atoms with van der Waals surface area (Å²) in [6.07, 6.45) is 0.994. The molecule has 0 bridgehead atoms. The van der Waals surface area contributed by atoms with Gasteiger partial charge in [-0.25, -0.2) is 14.8 Å². The number of aromatic nitrogens is 2. The average Bonchev–Trinajstić information content (AvgIpc) is 2.97. The SMILES string of the molecule is O=C(O)C(F)(F)F.c1ccc(CN2CCCC3(COCCN(c4ncccn4)C3)C2)cc1. The molecule has 2 saturated heterocycles. The summed E-state index contributed by atoms with van der Waals surface area (Å²) in [7, 11) is 0. The Balaban J connectivity index is 0.000000360. The Bertz CT molecular complexity index is 855. The van der Waals surface area contributed by atoms with Gasteiger partial charge in [0.15, 0.2) is 0 Å². The molecule has 1 atom stereocenters. The highest BCUT2D eigenvalue weighted by atomic mass is 19.4. The summed E-state index contributed by atoms with van der Waals surface area (Å²) in [5.41, 5.74) is 1.56. The molecule has 1 unspecified atom stereocenters. The maximum atomic E-state index is 10.6. The van der Waals surface area contributed by atoms with Gasteiger partial charge in [0.25, 0.3) is 0 Å². The molecule has 0 amide bonds. The Morgan fingerprint density at radius 1 is 1.09 bits per heavy atom. The predicted octanol–water partition coefficient (Wildman–Crippen LogP) is 3.23. The first kappa shape index (κ1) is 23.9. The van der Waals surface area contributed by atoms with E-state index in [0.29, 0.717) is 0 Å². The van der Waals surface area contributed by atoms with Crippen LogP contribution in [0.25, 0.3) is 0 Å². The van der Waals surface area contributed by atoms with Crippen molar-refractivity contribution in [1.29, 1.82) is 0 Å². The number of nitrogens with zero attached hydrogens (tertiary/aromatic N) is 4. The summed E-state index contributed by atoms with van der Waals surface area (Å²) < 4.78 is 37.8. The molecule has 2 fully saturated rings. The molecule has 0 aliphatic carbocycles. The number of alkyl halides is 3. The number of anilines is 1. The van der Waals surface area contributed by atoms with Crippen molar-refractivity contribution >= 4 is 11.9 Å². The highest BCUT2D eigenvalue weighted by molar-refractivity contribution is 5.73. The lowest BCUT2D eigenvalue weighted by Crippen LogP contribution is -2.50. The Kier molecular flexibility index (Phi) is 8.03. The van der Waals surface area contributed by atoms with Crippen LogP contribution in [0.15, 0.2) is 48.8 Å². The standard InChI is InChI=1S/C20H26N4O.C2HF3O2/c1-2-6-18(7-3-1)14-23-11-4-8-20(15-23)16-24(12-13-25-17-20)19-21-9-5-10-22-19;3-2(4,5)1(6)7/h1-3,5-7,9-10H,4,8,11-17H2;(H,6,7). The Hall–Kier alpha value is -2.72. The number of hydrogen-bond acceptors (Lipinski definition) is 6. The largest absolute Gasteiger partial charge is 0.490 e. The van der Waals surface area contributed by atoms with Crippen molar-refractivity contribution in [2.75, 3.05) is 44.3 Å². The molecule has 1 aromatic heterocycles. The molecule has 174 valence electrons. The van der Waals surface area contributed by atoms with Crippen LogP contribution >= 0.6 is 0 Å². The van der Waals surface area contributed by atoms with Crippen molar-refractivity contribution in [3.63, 3.8) is 0 Å². The van der Waals surface area contributed by atoms with Gasteiger partial charge in [0, 0.05) is 44.0 Å². The van der Waals surface area contributed by atoms with Crippen molar-refractivity contribution in [2.45, 2.75) is 25.6 Å². The summed E-state index contributed by atoms with van der Waals surface area (Å²) in [5, 5.41) is 7.12. The van der Waals surface area contributed by atoms with Crippen LogP contribution in [0.1, 0.15) is 18.4 Å². The van der Waals surface area contributed by atoms with Gasteiger partial charge in [-0.15, -0.1) is 0 Å². The number of aliphatic carboxylic acids is 1. The maximum absolute atomic E-state index is 10.6. The molecule has 2 aliphatic heterocycles. The van der Waals surface area contributed by atoms with Crippen LogP contribution in [0.5, 0.6) is 0 Å². The first-order valence-electron chi connectivity index (χ1n) is 10.4. The minimum Gasteiger partial charge on any atom is -0.475 e. The van der Waals surface area contributed by atoms with Crippen molar-refractivity contribution in [3.05, 3.63) is 54.4 Å². The van der Waals surface area contributed by atoms with E-state index in [1.807, 2.05) is 18.5 Å². The molecule has 1 spiro atoms. The second kappa shape index (κ2) is 10.7. The van der Waals surface area contributed by atoms with E-state index in [1.54, 1.807) is 0 Å². The Labute approximate surface area is 184 Å². The Morgan fingerprint density at radius 2 is 1.78 bits per heavy atom. The predicted molar refractivity (Wildman–Crippen MR) is 112 cm³/mol. The summed E-state index contributed by atoms with van der Waals surface area (Å²) in [6.45, 7) is 6.68. The monoisotopic (exact) mass is 452 g/mol. The number of likely N-dealkylation sites (tertiary alicyclic amines) is 1. The number of hydrogen-bond donors (Lipinski definition) is 1. The quantitative estimate of drug-likeness (QED) is 0.766. The fraction of sp³-hybridized carbons (Fsp3) is 0.500. The molecular formula is C22H27F3N4O3. The van der Waals surface area contributed by atoms with Crippen LogP contribution in [-0.2, 0) is 16.1 Å². The highest BCUT2D eigenvalue weighted by Crippen LogP contribution is 2.34. The molecular weight excluding hydrogens is 425 g/mol. The van der Waals surface area contributed by atoms with Crippen molar-refractivity contribution in [3.8, 4) is 0 Å². The van der Waals surface area contributed by atoms with Gasteiger partial charge in [-0.05, 0) is 31.0 Å². The molecule has 2 aromatic rings. The molecule has 32 heavy (non-hydrogen) atoms. The van der Waals surface area contributed by atoms with Gasteiger partial charge in [0.05, 0.1) is 13.2 Å². The van der Waals surface area contributed by atoms with Crippen molar-refractivity contribution in [1.82, 2.24) is 14.9 Å². The lowest BCUT2D eigenvalue weighted by atomic mass is 9.80. The first-order valence-corrected chi connectivity index (χ1v) is 10.4. The average molecular weight is 452 g/mol. The summed E-state index contributed by atoms with van der Waals surface area (Å²) in [6, 6.07) is 12.6. The van der Waals surface area contributed by atoms with E-state index in [4.69, 9.17) is 14.6 Å². The highest BCUT2D eigenvalue weighted by Gasteiger charge is 2.39. The van der Waals surface area contributed by atoms with Gasteiger partial charge in [0.2, 0.25) is 5.95 Å². The van der Waals surface area contributed by atoms with E-state index in [9.17, 15) is 13.2 Å². The first-order chi connectivity index (χ1) is 15.3. The van der Waals surface area contributed by atoms with Gasteiger partial charge < -0.3 is 14.7 Å². The van der Waals surface area contributed by atoms with E-state index >= 15 is 0 Å². The molecule has 0 radical (unpaired) electrons. The molecule has 2 aliphatic rings. The van der Waals surface area contributed by atoms with Gasteiger partial charge in [-0.3, -0.25) is 4.90 Å². The van der Waals surface area contributed by atoms with E-state index in [-0.39, 0.29) is 5.41 Å². The molecule has 10 heteroatoms. The van der Waals surface area contributed by atoms with Crippen LogP contribution in [0.2, 0.25) is 0 Å². The molecule has 4 rings (SSSR count). The second-order valence-electron chi connectivity index (χ2n) is 8.13. The van der Waals surface area contributed by atoms with Gasteiger partial charge >= 0.3 is 12.1 Å². The number of carboxylic acid groups (broad SMARTS) is 1. The van der Waals surface area contributed by atoms with Crippen molar-refractivity contribution in [2.24, 2.45) is 5.41 Å².